The van der Waals surface area contributed by atoms with Crippen molar-refractivity contribution in [1.29, 1.82) is 0 Å². The molecule has 1 aromatic carbocycles. The van der Waals surface area contributed by atoms with Gasteiger partial charge in [0.15, 0.2) is 0 Å². The minimum atomic E-state index is 0.347. The van der Waals surface area contributed by atoms with E-state index >= 15 is 0 Å². The number of benzene rings is 1. The van der Waals surface area contributed by atoms with Crippen LogP contribution in [0.25, 0.3) is 22.2 Å². The van der Waals surface area contributed by atoms with E-state index < -0.39 is 0 Å². The van der Waals surface area contributed by atoms with Crippen molar-refractivity contribution in [3.8, 4) is 11.1 Å². The molecule has 0 bridgehead atoms. The Morgan fingerprint density at radius 3 is 2.90 bits per heavy atom. The maximum Gasteiger partial charge on any atom is 0.223 e. The van der Waals surface area contributed by atoms with Crippen LogP contribution in [-0.2, 0) is 17.8 Å². The highest BCUT2D eigenvalue weighted by Crippen LogP contribution is 2.37. The highest BCUT2D eigenvalue weighted by molar-refractivity contribution is 5.85. The number of aromatic amines is 1. The maximum absolute atomic E-state index is 12.8. The molecular weight excluding hydrogens is 384 g/mol. The van der Waals surface area contributed by atoms with Gasteiger partial charge in [-0.3, -0.25) is 4.79 Å². The highest BCUT2D eigenvalue weighted by atomic mass is 16.2. The summed E-state index contributed by atoms with van der Waals surface area (Å²) in [5.74, 6) is 0.992. The molecule has 5 heteroatoms. The zero-order valence-corrected chi connectivity index (χ0v) is 18.2. The average Bonchev–Trinajstić information content (AvgIpc) is 3.29. The summed E-state index contributed by atoms with van der Waals surface area (Å²) >= 11 is 0. The number of carbonyl (C=O) groups excluding carboxylic acids is 1. The van der Waals surface area contributed by atoms with Crippen molar-refractivity contribution in [2.45, 2.75) is 58.0 Å². The molecule has 160 valence electrons. The van der Waals surface area contributed by atoms with Gasteiger partial charge in [0.2, 0.25) is 5.91 Å². The van der Waals surface area contributed by atoms with Gasteiger partial charge in [0, 0.05) is 48.9 Å². The fourth-order valence-electron chi connectivity index (χ4n) is 5.33. The van der Waals surface area contributed by atoms with Gasteiger partial charge in [-0.15, -0.1) is 0 Å². The van der Waals surface area contributed by atoms with E-state index in [0.717, 1.165) is 38.1 Å². The predicted octanol–water partition coefficient (Wildman–Crippen LogP) is 4.65. The lowest BCUT2D eigenvalue weighted by Crippen LogP contribution is -2.37. The maximum atomic E-state index is 12.8. The lowest BCUT2D eigenvalue weighted by Gasteiger charge is -2.32. The van der Waals surface area contributed by atoms with Gasteiger partial charge in [0.05, 0.1) is 0 Å². The predicted molar refractivity (Wildman–Crippen MR) is 123 cm³/mol. The van der Waals surface area contributed by atoms with Crippen molar-refractivity contribution in [3.05, 3.63) is 52.8 Å². The summed E-state index contributed by atoms with van der Waals surface area (Å²) in [6.45, 7) is 4.80. The molecule has 2 N–H and O–H groups in total. The number of nitrogens with one attached hydrogen (secondary N) is 2. The molecule has 0 radical (unpaired) electrons. The van der Waals surface area contributed by atoms with E-state index in [1.807, 2.05) is 12.4 Å². The Kier molecular flexibility index (Phi) is 4.60. The van der Waals surface area contributed by atoms with E-state index in [9.17, 15) is 4.79 Å². The van der Waals surface area contributed by atoms with Crippen molar-refractivity contribution in [3.63, 3.8) is 0 Å². The first kappa shape index (κ1) is 19.1. The number of fused-ring (bicyclic) bond motifs is 2. The third kappa shape index (κ3) is 3.55. The number of aryl methyl sites for hydroxylation is 1. The zero-order chi connectivity index (χ0) is 20.9. The number of H-pyrrole nitrogens is 1. The van der Waals surface area contributed by atoms with Crippen LogP contribution < -0.4 is 5.32 Å². The molecule has 1 saturated heterocycles. The highest BCUT2D eigenvalue weighted by Gasteiger charge is 2.31. The Morgan fingerprint density at radius 2 is 2.10 bits per heavy atom. The molecule has 2 aliphatic heterocycles. The van der Waals surface area contributed by atoms with Gasteiger partial charge in [-0.2, -0.15) is 0 Å². The SMILES string of the molecule is Cc1c[nH]c2ncc(-c3cc4c(c([C@@H]5CCCN5)c3)CN(C(=O)CC3CC3)CC4)cc12. The second-order valence-corrected chi connectivity index (χ2v) is 9.66. The number of rotatable bonds is 4. The van der Waals surface area contributed by atoms with Crippen LogP contribution in [0.1, 0.15) is 60.4 Å². The number of hydrogen-bond donors (Lipinski definition) is 2. The largest absolute Gasteiger partial charge is 0.346 e. The van der Waals surface area contributed by atoms with Crippen LogP contribution in [0.3, 0.4) is 0 Å². The monoisotopic (exact) mass is 414 g/mol. The van der Waals surface area contributed by atoms with Gasteiger partial charge in [-0.05, 0) is 91.4 Å². The van der Waals surface area contributed by atoms with Crippen molar-refractivity contribution >= 4 is 16.9 Å². The number of hydrogen-bond acceptors (Lipinski definition) is 3. The smallest absolute Gasteiger partial charge is 0.223 e. The van der Waals surface area contributed by atoms with Gasteiger partial charge in [-0.1, -0.05) is 6.07 Å². The quantitative estimate of drug-likeness (QED) is 0.653. The molecule has 1 aliphatic carbocycles. The van der Waals surface area contributed by atoms with Crippen LogP contribution in [0.5, 0.6) is 0 Å². The Bertz CT molecular complexity index is 1150. The summed E-state index contributed by atoms with van der Waals surface area (Å²) in [5, 5.41) is 4.89. The first-order chi connectivity index (χ1) is 15.2. The van der Waals surface area contributed by atoms with Crippen LogP contribution in [0, 0.1) is 12.8 Å². The third-order valence-electron chi connectivity index (χ3n) is 7.40. The molecule has 2 aromatic heterocycles. The van der Waals surface area contributed by atoms with Gasteiger partial charge in [-0.25, -0.2) is 4.98 Å². The normalized spacial score (nSPS) is 20.9. The molecule has 3 aliphatic rings. The van der Waals surface area contributed by atoms with Crippen LogP contribution in [0.15, 0.2) is 30.6 Å². The molecule has 6 rings (SSSR count). The van der Waals surface area contributed by atoms with E-state index in [4.69, 9.17) is 0 Å². The van der Waals surface area contributed by atoms with Crippen LogP contribution in [-0.4, -0.2) is 33.9 Å². The summed E-state index contributed by atoms with van der Waals surface area (Å²) in [7, 11) is 0. The molecule has 2 fully saturated rings. The number of aromatic nitrogens is 2. The number of amides is 1. The Hall–Kier alpha value is -2.66. The average molecular weight is 415 g/mol. The van der Waals surface area contributed by atoms with Crippen LogP contribution in [0.4, 0.5) is 0 Å². The zero-order valence-electron chi connectivity index (χ0n) is 18.2. The molecule has 4 heterocycles. The summed E-state index contributed by atoms with van der Waals surface area (Å²) < 4.78 is 0. The second kappa shape index (κ2) is 7.49. The molecule has 5 nitrogen and oxygen atoms in total. The third-order valence-corrected chi connectivity index (χ3v) is 7.40. The lowest BCUT2D eigenvalue weighted by atomic mass is 9.87. The summed E-state index contributed by atoms with van der Waals surface area (Å²) in [5.41, 5.74) is 8.76. The van der Waals surface area contributed by atoms with Crippen molar-refractivity contribution in [2.75, 3.05) is 13.1 Å². The fraction of sp³-hybridized carbons (Fsp3) is 0.462. The molecule has 0 spiro atoms. The van der Waals surface area contributed by atoms with Crippen molar-refractivity contribution in [2.24, 2.45) is 5.92 Å². The fourth-order valence-corrected chi connectivity index (χ4v) is 5.33. The Morgan fingerprint density at radius 1 is 1.19 bits per heavy atom. The number of carbonyl (C=O) groups is 1. The van der Waals surface area contributed by atoms with Gasteiger partial charge >= 0.3 is 0 Å². The van der Waals surface area contributed by atoms with E-state index in [-0.39, 0.29) is 0 Å². The second-order valence-electron chi connectivity index (χ2n) is 9.66. The molecule has 1 amide bonds. The Balaban J connectivity index is 1.39. The van der Waals surface area contributed by atoms with Gasteiger partial charge in [0.1, 0.15) is 5.65 Å². The standard InChI is InChI=1S/C26H30N4O/c1-16-13-28-26-21(16)12-20(14-29-26)19-10-18-6-8-30(25(31)9-17-4-5-17)15-23(18)22(11-19)24-3-2-7-27-24/h10-14,17,24,27H,2-9,15H2,1H3,(H,28,29)/t24-/m0/s1. The van der Waals surface area contributed by atoms with Crippen LogP contribution >= 0.6 is 0 Å². The van der Waals surface area contributed by atoms with E-state index in [1.54, 1.807) is 0 Å². The molecule has 1 atom stereocenters. The van der Waals surface area contributed by atoms with E-state index in [1.165, 1.54) is 64.5 Å². The topological polar surface area (TPSA) is 61.0 Å². The summed E-state index contributed by atoms with van der Waals surface area (Å²) in [4.78, 5) is 22.8. The number of pyridine rings is 1. The van der Waals surface area contributed by atoms with Gasteiger partial charge in [0.25, 0.3) is 0 Å². The molecule has 31 heavy (non-hydrogen) atoms. The van der Waals surface area contributed by atoms with Crippen molar-refractivity contribution in [1.82, 2.24) is 20.2 Å². The van der Waals surface area contributed by atoms with E-state index in [2.05, 4.69) is 45.3 Å². The van der Waals surface area contributed by atoms with E-state index in [0.29, 0.717) is 17.9 Å². The van der Waals surface area contributed by atoms with Crippen molar-refractivity contribution < 1.29 is 4.79 Å². The van der Waals surface area contributed by atoms with Gasteiger partial charge < -0.3 is 15.2 Å². The summed E-state index contributed by atoms with van der Waals surface area (Å²) in [6.07, 6.45) is 10.5. The lowest BCUT2D eigenvalue weighted by molar-refractivity contribution is -0.132. The molecule has 3 aromatic rings. The first-order valence-electron chi connectivity index (χ1n) is 11.8. The minimum Gasteiger partial charge on any atom is -0.346 e. The molecular formula is C26H30N4O. The number of nitrogens with zero attached hydrogens (tertiary/aromatic N) is 2. The van der Waals surface area contributed by atoms with Crippen LogP contribution in [0.2, 0.25) is 0 Å². The Labute approximate surface area is 183 Å². The minimum absolute atomic E-state index is 0.347. The first-order valence-corrected chi connectivity index (χ1v) is 11.8. The molecule has 1 saturated carbocycles. The summed E-state index contributed by atoms with van der Waals surface area (Å²) in [6, 6.07) is 7.36. The molecule has 0 unspecified atom stereocenters.